The molecule has 0 aliphatic heterocycles. The number of hydrogen-bond acceptors (Lipinski definition) is 3. The fourth-order valence-corrected chi connectivity index (χ4v) is 1.40. The second-order valence-corrected chi connectivity index (χ2v) is 3.14. The van der Waals surface area contributed by atoms with Gasteiger partial charge in [0.1, 0.15) is 11.5 Å². The lowest BCUT2D eigenvalue weighted by Crippen LogP contribution is -2.03. The summed E-state index contributed by atoms with van der Waals surface area (Å²) in [6.45, 7) is 0.748. The van der Waals surface area contributed by atoms with E-state index in [1.54, 1.807) is 10.9 Å². The van der Waals surface area contributed by atoms with E-state index < -0.39 is 0 Å². The van der Waals surface area contributed by atoms with E-state index >= 15 is 0 Å². The van der Waals surface area contributed by atoms with E-state index in [1.165, 1.54) is 0 Å². The number of hydrogen-bond donors (Lipinski definition) is 1. The summed E-state index contributed by atoms with van der Waals surface area (Å²) >= 11 is 0. The van der Waals surface area contributed by atoms with E-state index in [9.17, 15) is 0 Å². The molecule has 0 aliphatic rings. The standard InChI is InChI=1S/C10H13N3O/c1-11-7-8-3-4-10(14-8)9-5-6-12-13(9)2/h3-6,11H,7H2,1-2H3. The molecule has 74 valence electrons. The van der Waals surface area contributed by atoms with Gasteiger partial charge >= 0.3 is 0 Å². The summed E-state index contributed by atoms with van der Waals surface area (Å²) in [5.41, 5.74) is 0.993. The second kappa shape index (κ2) is 3.67. The Morgan fingerprint density at radius 1 is 1.43 bits per heavy atom. The van der Waals surface area contributed by atoms with Gasteiger partial charge in [0.05, 0.1) is 6.54 Å². The van der Waals surface area contributed by atoms with E-state index in [0.717, 1.165) is 23.8 Å². The van der Waals surface area contributed by atoms with Crippen molar-refractivity contribution < 1.29 is 4.42 Å². The SMILES string of the molecule is CNCc1ccc(-c2ccnn2C)o1. The fourth-order valence-electron chi connectivity index (χ4n) is 1.40. The number of furan rings is 1. The predicted octanol–water partition coefficient (Wildman–Crippen LogP) is 1.40. The van der Waals surface area contributed by atoms with Crippen LogP contribution in [0.15, 0.2) is 28.8 Å². The smallest absolute Gasteiger partial charge is 0.152 e. The molecule has 0 radical (unpaired) electrons. The Hall–Kier alpha value is -1.55. The third kappa shape index (κ3) is 1.56. The zero-order valence-electron chi connectivity index (χ0n) is 8.32. The van der Waals surface area contributed by atoms with Crippen LogP contribution in [-0.4, -0.2) is 16.8 Å². The highest BCUT2D eigenvalue weighted by molar-refractivity contribution is 5.52. The van der Waals surface area contributed by atoms with Gasteiger partial charge in [-0.15, -0.1) is 0 Å². The molecular weight excluding hydrogens is 178 g/mol. The molecule has 0 unspecified atom stereocenters. The van der Waals surface area contributed by atoms with Gasteiger partial charge in [0.25, 0.3) is 0 Å². The average molecular weight is 191 g/mol. The maximum atomic E-state index is 5.63. The molecule has 0 spiro atoms. The van der Waals surface area contributed by atoms with E-state index in [2.05, 4.69) is 10.4 Å². The third-order valence-electron chi connectivity index (χ3n) is 2.09. The molecule has 0 atom stereocenters. The Morgan fingerprint density at radius 2 is 2.29 bits per heavy atom. The van der Waals surface area contributed by atoms with Crippen LogP contribution in [-0.2, 0) is 13.6 Å². The van der Waals surface area contributed by atoms with Crippen molar-refractivity contribution in [1.82, 2.24) is 15.1 Å². The molecule has 0 aromatic carbocycles. The van der Waals surface area contributed by atoms with Crippen LogP contribution in [0.2, 0.25) is 0 Å². The molecule has 0 amide bonds. The normalized spacial score (nSPS) is 10.7. The van der Waals surface area contributed by atoms with Gasteiger partial charge in [-0.05, 0) is 25.2 Å². The quantitative estimate of drug-likeness (QED) is 0.797. The summed E-state index contributed by atoms with van der Waals surface area (Å²) in [5, 5.41) is 7.13. The fraction of sp³-hybridized carbons (Fsp3) is 0.300. The lowest BCUT2D eigenvalue weighted by molar-refractivity contribution is 0.502. The second-order valence-electron chi connectivity index (χ2n) is 3.14. The molecule has 1 N–H and O–H groups in total. The van der Waals surface area contributed by atoms with E-state index in [-0.39, 0.29) is 0 Å². The van der Waals surface area contributed by atoms with E-state index in [1.807, 2.05) is 32.3 Å². The lowest BCUT2D eigenvalue weighted by Gasteiger charge is -1.97. The zero-order chi connectivity index (χ0) is 9.97. The molecule has 4 nitrogen and oxygen atoms in total. The molecule has 0 saturated heterocycles. The first kappa shape index (κ1) is 9.02. The molecule has 0 bridgehead atoms. The maximum Gasteiger partial charge on any atom is 0.152 e. The van der Waals surface area contributed by atoms with Gasteiger partial charge in [0, 0.05) is 13.2 Å². The molecule has 0 saturated carbocycles. The van der Waals surface area contributed by atoms with Crippen molar-refractivity contribution in [2.45, 2.75) is 6.54 Å². The molecular formula is C10H13N3O. The van der Waals surface area contributed by atoms with Crippen molar-refractivity contribution in [2.75, 3.05) is 7.05 Å². The van der Waals surface area contributed by atoms with Gasteiger partial charge in [-0.3, -0.25) is 4.68 Å². The summed E-state index contributed by atoms with van der Waals surface area (Å²) in [7, 11) is 3.79. The molecule has 2 aromatic heterocycles. The first-order valence-corrected chi connectivity index (χ1v) is 4.53. The summed E-state index contributed by atoms with van der Waals surface area (Å²) < 4.78 is 7.42. The Kier molecular flexibility index (Phi) is 2.37. The monoisotopic (exact) mass is 191 g/mol. The van der Waals surface area contributed by atoms with Crippen LogP contribution in [0.4, 0.5) is 0 Å². The summed E-state index contributed by atoms with van der Waals surface area (Å²) in [6.07, 6.45) is 1.76. The van der Waals surface area contributed by atoms with Gasteiger partial charge in [-0.2, -0.15) is 5.10 Å². The van der Waals surface area contributed by atoms with Gasteiger partial charge < -0.3 is 9.73 Å². The maximum absolute atomic E-state index is 5.63. The molecule has 0 aliphatic carbocycles. The third-order valence-corrected chi connectivity index (χ3v) is 2.09. The molecule has 2 heterocycles. The van der Waals surface area contributed by atoms with Crippen LogP contribution in [0, 0.1) is 0 Å². The van der Waals surface area contributed by atoms with Crippen molar-refractivity contribution in [1.29, 1.82) is 0 Å². The van der Waals surface area contributed by atoms with Crippen molar-refractivity contribution in [3.8, 4) is 11.5 Å². The van der Waals surface area contributed by atoms with Crippen molar-refractivity contribution in [2.24, 2.45) is 7.05 Å². The minimum atomic E-state index is 0.748. The molecule has 0 fully saturated rings. The Labute approximate surface area is 82.5 Å². The largest absolute Gasteiger partial charge is 0.458 e. The predicted molar refractivity (Wildman–Crippen MR) is 53.7 cm³/mol. The van der Waals surface area contributed by atoms with Crippen LogP contribution < -0.4 is 5.32 Å². The van der Waals surface area contributed by atoms with Gasteiger partial charge in [0.15, 0.2) is 5.76 Å². The van der Waals surface area contributed by atoms with Gasteiger partial charge in [-0.1, -0.05) is 0 Å². The highest BCUT2D eigenvalue weighted by Gasteiger charge is 2.07. The van der Waals surface area contributed by atoms with Crippen molar-refractivity contribution in [3.05, 3.63) is 30.2 Å². The number of aromatic nitrogens is 2. The summed E-state index contributed by atoms with van der Waals surface area (Å²) in [4.78, 5) is 0. The first-order chi connectivity index (χ1) is 6.81. The zero-order valence-corrected chi connectivity index (χ0v) is 8.32. The van der Waals surface area contributed by atoms with Crippen molar-refractivity contribution in [3.63, 3.8) is 0 Å². The number of aryl methyl sites for hydroxylation is 1. The van der Waals surface area contributed by atoms with Crippen molar-refractivity contribution >= 4 is 0 Å². The molecule has 14 heavy (non-hydrogen) atoms. The molecule has 4 heteroatoms. The Balaban J connectivity index is 2.29. The lowest BCUT2D eigenvalue weighted by atomic mass is 10.3. The average Bonchev–Trinajstić information content (AvgIpc) is 2.74. The Bertz CT molecular complexity index is 416. The number of nitrogens with one attached hydrogen (secondary N) is 1. The topological polar surface area (TPSA) is 43.0 Å². The molecule has 2 rings (SSSR count). The van der Waals surface area contributed by atoms with Crippen LogP contribution in [0.3, 0.4) is 0 Å². The van der Waals surface area contributed by atoms with Crippen LogP contribution in [0.25, 0.3) is 11.5 Å². The van der Waals surface area contributed by atoms with E-state index in [4.69, 9.17) is 4.42 Å². The minimum absolute atomic E-state index is 0.748. The highest BCUT2D eigenvalue weighted by atomic mass is 16.3. The number of rotatable bonds is 3. The van der Waals surface area contributed by atoms with Crippen LogP contribution in [0.1, 0.15) is 5.76 Å². The van der Waals surface area contributed by atoms with Gasteiger partial charge in [0.2, 0.25) is 0 Å². The van der Waals surface area contributed by atoms with Crippen LogP contribution in [0.5, 0.6) is 0 Å². The van der Waals surface area contributed by atoms with E-state index in [0.29, 0.717) is 0 Å². The first-order valence-electron chi connectivity index (χ1n) is 4.53. The highest BCUT2D eigenvalue weighted by Crippen LogP contribution is 2.20. The van der Waals surface area contributed by atoms with Gasteiger partial charge in [-0.25, -0.2) is 0 Å². The summed E-state index contributed by atoms with van der Waals surface area (Å²) in [5.74, 6) is 1.79. The molecule has 2 aromatic rings. The van der Waals surface area contributed by atoms with Crippen LogP contribution >= 0.6 is 0 Å². The minimum Gasteiger partial charge on any atom is -0.458 e. The summed E-state index contributed by atoms with van der Waals surface area (Å²) in [6, 6.07) is 5.87. The number of nitrogens with zero attached hydrogens (tertiary/aromatic N) is 2. The Morgan fingerprint density at radius 3 is 2.93 bits per heavy atom.